The van der Waals surface area contributed by atoms with Crippen LogP contribution in [-0.2, 0) is 11.2 Å². The molecule has 0 aromatic heterocycles. The van der Waals surface area contributed by atoms with Gasteiger partial charge < -0.3 is 14.5 Å². The van der Waals surface area contributed by atoms with Crippen LogP contribution in [0.15, 0.2) is 83.9 Å². The first kappa shape index (κ1) is 19.4. The van der Waals surface area contributed by atoms with Crippen LogP contribution >= 0.6 is 0 Å². The molecule has 2 aliphatic heterocycles. The minimum absolute atomic E-state index is 0.0965. The lowest BCUT2D eigenvalue weighted by atomic mass is 10.1. The largest absolute Gasteiger partial charge is 0.454 e. The minimum Gasteiger partial charge on any atom is -0.454 e. The second-order valence-corrected chi connectivity index (χ2v) is 8.05. The predicted molar refractivity (Wildman–Crippen MR) is 122 cm³/mol. The van der Waals surface area contributed by atoms with Gasteiger partial charge in [0.1, 0.15) is 17.3 Å². The number of para-hydroxylation sites is 3. The molecule has 5 nitrogen and oxygen atoms in total. The standard InChI is InChI=1S/C26H25N3O2/c1-19-18-28(15-16-29(19)25(30)17-20-9-3-2-4-10-20)26-21-11-5-7-13-23(21)31-24-14-8-6-12-22(24)27-26/h2-14,19H,15-18H2,1H3/t19-/m0/s1. The Morgan fingerprint density at radius 2 is 1.65 bits per heavy atom. The van der Waals surface area contributed by atoms with Crippen LogP contribution in [0.5, 0.6) is 11.5 Å². The van der Waals surface area contributed by atoms with E-state index in [4.69, 9.17) is 9.73 Å². The molecule has 5 heteroatoms. The van der Waals surface area contributed by atoms with Gasteiger partial charge in [-0.3, -0.25) is 4.79 Å². The highest BCUT2D eigenvalue weighted by atomic mass is 16.5. The number of hydrogen-bond acceptors (Lipinski definition) is 4. The molecule has 0 aliphatic carbocycles. The second kappa shape index (κ2) is 8.26. The average molecular weight is 412 g/mol. The molecular formula is C26H25N3O2. The Bertz CT molecular complexity index is 1130. The van der Waals surface area contributed by atoms with Crippen LogP contribution in [0.1, 0.15) is 18.1 Å². The molecule has 2 heterocycles. The van der Waals surface area contributed by atoms with E-state index in [0.29, 0.717) is 13.0 Å². The first-order chi connectivity index (χ1) is 15.2. The van der Waals surface area contributed by atoms with E-state index in [1.165, 1.54) is 0 Å². The number of carbonyl (C=O) groups excluding carboxylic acids is 1. The number of amidine groups is 1. The molecule has 1 fully saturated rings. The molecule has 3 aromatic rings. The summed E-state index contributed by atoms with van der Waals surface area (Å²) < 4.78 is 6.17. The first-order valence-corrected chi connectivity index (χ1v) is 10.7. The summed E-state index contributed by atoms with van der Waals surface area (Å²) in [5.41, 5.74) is 2.86. The van der Waals surface area contributed by atoms with Crippen molar-refractivity contribution in [2.24, 2.45) is 4.99 Å². The van der Waals surface area contributed by atoms with Gasteiger partial charge in [-0.15, -0.1) is 0 Å². The molecule has 1 amide bonds. The summed E-state index contributed by atoms with van der Waals surface area (Å²) in [4.78, 5) is 22.2. The maximum atomic E-state index is 12.9. The van der Waals surface area contributed by atoms with Crippen molar-refractivity contribution in [3.8, 4) is 11.5 Å². The number of amides is 1. The Hall–Kier alpha value is -3.60. The fourth-order valence-corrected chi connectivity index (χ4v) is 4.30. The van der Waals surface area contributed by atoms with Gasteiger partial charge in [0, 0.05) is 25.7 Å². The highest BCUT2D eigenvalue weighted by Gasteiger charge is 2.31. The summed E-state index contributed by atoms with van der Waals surface area (Å²) in [6, 6.07) is 25.9. The van der Waals surface area contributed by atoms with Gasteiger partial charge in [-0.1, -0.05) is 54.6 Å². The number of carbonyl (C=O) groups is 1. The van der Waals surface area contributed by atoms with Crippen molar-refractivity contribution in [2.45, 2.75) is 19.4 Å². The number of piperazine rings is 1. The van der Waals surface area contributed by atoms with E-state index in [1.807, 2.05) is 77.7 Å². The molecule has 0 saturated carbocycles. The van der Waals surface area contributed by atoms with Gasteiger partial charge in [0.2, 0.25) is 5.91 Å². The fourth-order valence-electron chi connectivity index (χ4n) is 4.30. The van der Waals surface area contributed by atoms with Gasteiger partial charge in [0.15, 0.2) is 5.75 Å². The normalized spacial score (nSPS) is 17.7. The zero-order chi connectivity index (χ0) is 21.2. The molecule has 0 N–H and O–H groups in total. The van der Waals surface area contributed by atoms with Crippen LogP contribution in [0.2, 0.25) is 0 Å². The van der Waals surface area contributed by atoms with E-state index in [1.54, 1.807) is 0 Å². The molecule has 0 unspecified atom stereocenters. The third-order valence-electron chi connectivity index (χ3n) is 5.89. The monoisotopic (exact) mass is 411 g/mol. The smallest absolute Gasteiger partial charge is 0.227 e. The Morgan fingerprint density at radius 3 is 2.45 bits per heavy atom. The van der Waals surface area contributed by atoms with Crippen LogP contribution in [0, 0.1) is 0 Å². The molecule has 5 rings (SSSR count). The third kappa shape index (κ3) is 3.91. The zero-order valence-electron chi connectivity index (χ0n) is 17.6. The number of aliphatic imine (C=N–C) groups is 1. The molecule has 2 aliphatic rings. The average Bonchev–Trinajstić information content (AvgIpc) is 2.96. The minimum atomic E-state index is 0.0965. The SMILES string of the molecule is C[C@H]1CN(C2=Nc3ccccc3Oc3ccccc32)CCN1C(=O)Cc1ccccc1. The highest BCUT2D eigenvalue weighted by molar-refractivity contribution is 6.03. The van der Waals surface area contributed by atoms with Gasteiger partial charge in [-0.25, -0.2) is 4.99 Å². The fraction of sp³-hybridized carbons (Fsp3) is 0.231. The maximum Gasteiger partial charge on any atom is 0.227 e. The summed E-state index contributed by atoms with van der Waals surface area (Å²) in [6.45, 7) is 4.26. The molecule has 1 saturated heterocycles. The van der Waals surface area contributed by atoms with Crippen molar-refractivity contribution in [3.05, 3.63) is 90.0 Å². The maximum absolute atomic E-state index is 12.9. The number of rotatable bonds is 2. The molecule has 31 heavy (non-hydrogen) atoms. The quantitative estimate of drug-likeness (QED) is 0.617. The van der Waals surface area contributed by atoms with Crippen molar-refractivity contribution in [1.29, 1.82) is 0 Å². The van der Waals surface area contributed by atoms with Gasteiger partial charge in [-0.05, 0) is 36.8 Å². The van der Waals surface area contributed by atoms with Crippen molar-refractivity contribution in [2.75, 3.05) is 19.6 Å². The molecule has 0 bridgehead atoms. The van der Waals surface area contributed by atoms with Gasteiger partial charge in [0.25, 0.3) is 0 Å². The second-order valence-electron chi connectivity index (χ2n) is 8.05. The van der Waals surface area contributed by atoms with Crippen LogP contribution in [-0.4, -0.2) is 47.2 Å². The van der Waals surface area contributed by atoms with E-state index in [0.717, 1.165) is 47.2 Å². The van der Waals surface area contributed by atoms with Crippen LogP contribution in [0.4, 0.5) is 5.69 Å². The van der Waals surface area contributed by atoms with Crippen molar-refractivity contribution in [3.63, 3.8) is 0 Å². The molecule has 0 radical (unpaired) electrons. The molecule has 0 spiro atoms. The van der Waals surface area contributed by atoms with E-state index in [-0.39, 0.29) is 11.9 Å². The summed E-state index contributed by atoms with van der Waals surface area (Å²) in [6.07, 6.45) is 0.441. The number of ether oxygens (including phenoxy) is 1. The summed E-state index contributed by atoms with van der Waals surface area (Å²) >= 11 is 0. The Labute approximate surface area is 182 Å². The molecule has 156 valence electrons. The van der Waals surface area contributed by atoms with E-state index in [9.17, 15) is 4.79 Å². The lowest BCUT2D eigenvalue weighted by Gasteiger charge is -2.41. The van der Waals surface area contributed by atoms with E-state index < -0.39 is 0 Å². The van der Waals surface area contributed by atoms with Gasteiger partial charge >= 0.3 is 0 Å². The molecule has 1 atom stereocenters. The van der Waals surface area contributed by atoms with Crippen molar-refractivity contribution >= 4 is 17.4 Å². The summed E-state index contributed by atoms with van der Waals surface area (Å²) in [5, 5.41) is 0. The number of nitrogens with zero attached hydrogens (tertiary/aromatic N) is 3. The summed E-state index contributed by atoms with van der Waals surface area (Å²) in [5.74, 6) is 2.65. The summed E-state index contributed by atoms with van der Waals surface area (Å²) in [7, 11) is 0. The van der Waals surface area contributed by atoms with E-state index >= 15 is 0 Å². The molecule has 3 aromatic carbocycles. The first-order valence-electron chi connectivity index (χ1n) is 10.7. The van der Waals surface area contributed by atoms with Crippen LogP contribution in [0.3, 0.4) is 0 Å². The highest BCUT2D eigenvalue weighted by Crippen LogP contribution is 2.38. The zero-order valence-corrected chi connectivity index (χ0v) is 17.6. The third-order valence-corrected chi connectivity index (χ3v) is 5.89. The van der Waals surface area contributed by atoms with Crippen molar-refractivity contribution in [1.82, 2.24) is 9.80 Å². The predicted octanol–water partition coefficient (Wildman–Crippen LogP) is 4.65. The number of hydrogen-bond donors (Lipinski definition) is 0. The van der Waals surface area contributed by atoms with Gasteiger partial charge in [0.05, 0.1) is 12.0 Å². The van der Waals surface area contributed by atoms with Crippen LogP contribution in [0.25, 0.3) is 0 Å². The number of benzene rings is 3. The lowest BCUT2D eigenvalue weighted by molar-refractivity contribution is -0.134. The molecular weight excluding hydrogens is 386 g/mol. The lowest BCUT2D eigenvalue weighted by Crippen LogP contribution is -2.55. The number of fused-ring (bicyclic) bond motifs is 2. The Kier molecular flexibility index (Phi) is 5.16. The van der Waals surface area contributed by atoms with Crippen molar-refractivity contribution < 1.29 is 9.53 Å². The Balaban J connectivity index is 1.39. The van der Waals surface area contributed by atoms with Gasteiger partial charge in [-0.2, -0.15) is 0 Å². The van der Waals surface area contributed by atoms with Crippen LogP contribution < -0.4 is 4.74 Å². The van der Waals surface area contributed by atoms with E-state index in [2.05, 4.69) is 17.9 Å². The topological polar surface area (TPSA) is 45.1 Å². The Morgan fingerprint density at radius 1 is 0.935 bits per heavy atom.